The van der Waals surface area contributed by atoms with Crippen molar-refractivity contribution in [1.29, 1.82) is 0 Å². The van der Waals surface area contributed by atoms with Gasteiger partial charge in [0, 0.05) is 5.56 Å². The third-order valence-corrected chi connectivity index (χ3v) is 4.20. The minimum atomic E-state index is -7.94. The van der Waals surface area contributed by atoms with Gasteiger partial charge in [-0.05, 0) is 13.0 Å². The molecule has 2 rings (SSSR count). The Morgan fingerprint density at radius 1 is 0.645 bits per heavy atom. The van der Waals surface area contributed by atoms with Crippen LogP contribution in [0.1, 0.15) is 11.3 Å². The molecule has 174 valence electrons. The van der Waals surface area contributed by atoms with Crippen LogP contribution in [0.15, 0.2) is 30.3 Å². The molecular weight excluding hydrogens is 467 g/mol. The van der Waals surface area contributed by atoms with E-state index in [0.717, 1.165) is 0 Å². The molecule has 2 nitrogen and oxygen atoms in total. The molecule has 0 aliphatic heterocycles. The number of nitrogens with one attached hydrogen (secondary N) is 1. The standard InChI is InChI=1S/C16H9F13N2/c1-7-2-4-8(5-3-7)9-6-10(31-30-9)11(17,18)12(19,20)13(21,22)14(23,24)15(25,26)16(27,28)29/h2-6H,1H3,(H,30,31). The largest absolute Gasteiger partial charge is 0.460 e. The highest BCUT2D eigenvalue weighted by molar-refractivity contribution is 5.59. The Bertz CT molecular complexity index is 926. The summed E-state index contributed by atoms with van der Waals surface area (Å²) in [4.78, 5) is 0. The molecule has 0 amide bonds. The molecule has 0 atom stereocenters. The van der Waals surface area contributed by atoms with E-state index in [2.05, 4.69) is 5.10 Å². The Morgan fingerprint density at radius 3 is 1.55 bits per heavy atom. The molecule has 0 saturated carbocycles. The Hall–Kier alpha value is -2.48. The second kappa shape index (κ2) is 7.02. The summed E-state index contributed by atoms with van der Waals surface area (Å²) in [7, 11) is 0. The average Bonchev–Trinajstić information content (AvgIpc) is 3.11. The van der Waals surface area contributed by atoms with Crippen LogP contribution in [-0.4, -0.2) is 40.1 Å². The van der Waals surface area contributed by atoms with Crippen LogP contribution in [-0.2, 0) is 5.92 Å². The lowest BCUT2D eigenvalue weighted by Gasteiger charge is -2.39. The second-order valence-electron chi connectivity index (χ2n) is 6.40. The molecule has 0 bridgehead atoms. The van der Waals surface area contributed by atoms with Crippen LogP contribution in [0.4, 0.5) is 57.1 Å². The first-order valence-corrected chi connectivity index (χ1v) is 7.80. The van der Waals surface area contributed by atoms with Gasteiger partial charge in [0.05, 0.1) is 5.69 Å². The van der Waals surface area contributed by atoms with Gasteiger partial charge in [0.15, 0.2) is 0 Å². The maximum absolute atomic E-state index is 14.1. The minimum Gasteiger partial charge on any atom is -0.276 e. The molecule has 1 N–H and O–H groups in total. The number of aromatic nitrogens is 2. The van der Waals surface area contributed by atoms with Gasteiger partial charge in [-0.1, -0.05) is 29.8 Å². The lowest BCUT2D eigenvalue weighted by molar-refractivity contribution is -0.442. The number of aromatic amines is 1. The third-order valence-electron chi connectivity index (χ3n) is 4.20. The van der Waals surface area contributed by atoms with E-state index in [1.807, 2.05) is 0 Å². The summed E-state index contributed by atoms with van der Waals surface area (Å²) in [6, 6.07) is 5.32. The fourth-order valence-corrected chi connectivity index (χ4v) is 2.29. The molecule has 0 saturated heterocycles. The van der Waals surface area contributed by atoms with Gasteiger partial charge in [-0.3, -0.25) is 5.10 Å². The number of H-pyrrole nitrogens is 1. The van der Waals surface area contributed by atoms with Gasteiger partial charge in [-0.2, -0.15) is 62.2 Å². The van der Waals surface area contributed by atoms with Crippen molar-refractivity contribution in [2.45, 2.75) is 42.7 Å². The summed E-state index contributed by atoms with van der Waals surface area (Å²) in [6.45, 7) is 1.60. The van der Waals surface area contributed by atoms with Crippen molar-refractivity contribution in [3.05, 3.63) is 41.6 Å². The van der Waals surface area contributed by atoms with Crippen LogP contribution in [0.5, 0.6) is 0 Å². The van der Waals surface area contributed by atoms with E-state index in [1.54, 1.807) is 6.92 Å². The van der Waals surface area contributed by atoms with E-state index in [-0.39, 0.29) is 11.6 Å². The second-order valence-corrected chi connectivity index (χ2v) is 6.40. The number of nitrogens with zero attached hydrogens (tertiary/aromatic N) is 1. The van der Waals surface area contributed by atoms with Crippen LogP contribution in [0.2, 0.25) is 0 Å². The van der Waals surface area contributed by atoms with Crippen molar-refractivity contribution >= 4 is 0 Å². The van der Waals surface area contributed by atoms with Crippen LogP contribution in [0, 0.1) is 6.92 Å². The lowest BCUT2D eigenvalue weighted by atomic mass is 9.92. The maximum atomic E-state index is 14.1. The molecule has 0 unspecified atom stereocenters. The van der Waals surface area contributed by atoms with Gasteiger partial charge in [0.1, 0.15) is 5.69 Å². The number of hydrogen-bond donors (Lipinski definition) is 1. The normalized spacial score (nSPS) is 14.8. The molecule has 15 heteroatoms. The Kier molecular flexibility index (Phi) is 5.61. The van der Waals surface area contributed by atoms with Crippen molar-refractivity contribution in [3.63, 3.8) is 0 Å². The molecular formula is C16H9F13N2. The molecule has 0 aliphatic carbocycles. The van der Waals surface area contributed by atoms with E-state index in [0.29, 0.717) is 5.56 Å². The average molecular weight is 476 g/mol. The van der Waals surface area contributed by atoms with Gasteiger partial charge >= 0.3 is 35.8 Å². The first kappa shape index (κ1) is 24.8. The smallest absolute Gasteiger partial charge is 0.276 e. The Balaban J connectivity index is 2.53. The van der Waals surface area contributed by atoms with Crippen molar-refractivity contribution in [2.24, 2.45) is 0 Å². The molecule has 2 aromatic rings. The zero-order valence-electron chi connectivity index (χ0n) is 14.7. The summed E-state index contributed by atoms with van der Waals surface area (Å²) >= 11 is 0. The van der Waals surface area contributed by atoms with E-state index >= 15 is 0 Å². The highest BCUT2D eigenvalue weighted by Gasteiger charge is 2.91. The van der Waals surface area contributed by atoms with E-state index in [4.69, 9.17) is 0 Å². The molecule has 1 heterocycles. The summed E-state index contributed by atoms with van der Waals surface area (Å²) in [6.07, 6.45) is -7.45. The van der Waals surface area contributed by atoms with Crippen LogP contribution >= 0.6 is 0 Å². The fraction of sp³-hybridized carbons (Fsp3) is 0.438. The Labute approximate surface area is 164 Å². The van der Waals surface area contributed by atoms with Gasteiger partial charge in [-0.25, -0.2) is 0 Å². The predicted octanol–water partition coefficient (Wildman–Crippen LogP) is 6.58. The molecule has 1 aromatic heterocycles. The third kappa shape index (κ3) is 3.50. The van der Waals surface area contributed by atoms with E-state index in [1.165, 1.54) is 29.4 Å². The summed E-state index contributed by atoms with van der Waals surface area (Å²) in [5.74, 6) is -37.3. The van der Waals surface area contributed by atoms with Gasteiger partial charge in [0.25, 0.3) is 0 Å². The van der Waals surface area contributed by atoms with Crippen molar-refractivity contribution < 1.29 is 57.1 Å². The highest BCUT2D eigenvalue weighted by atomic mass is 19.4. The molecule has 0 fully saturated rings. The van der Waals surface area contributed by atoms with Gasteiger partial charge < -0.3 is 0 Å². The summed E-state index contributed by atoms with van der Waals surface area (Å²) in [5, 5.41) is 4.32. The van der Waals surface area contributed by atoms with E-state index < -0.39 is 47.2 Å². The van der Waals surface area contributed by atoms with Gasteiger partial charge in [0.2, 0.25) is 0 Å². The lowest BCUT2D eigenvalue weighted by Crippen LogP contribution is -2.69. The van der Waals surface area contributed by atoms with Gasteiger partial charge in [-0.15, -0.1) is 0 Å². The van der Waals surface area contributed by atoms with Crippen LogP contribution < -0.4 is 0 Å². The maximum Gasteiger partial charge on any atom is 0.460 e. The first-order valence-electron chi connectivity index (χ1n) is 7.80. The van der Waals surface area contributed by atoms with Crippen LogP contribution in [0.25, 0.3) is 11.3 Å². The fourth-order valence-electron chi connectivity index (χ4n) is 2.29. The summed E-state index contributed by atoms with van der Waals surface area (Å²) in [5.41, 5.74) is -2.14. The minimum absolute atomic E-state index is 0.0205. The number of aryl methyl sites for hydroxylation is 1. The van der Waals surface area contributed by atoms with E-state index in [9.17, 15) is 57.1 Å². The molecule has 31 heavy (non-hydrogen) atoms. The molecule has 0 spiro atoms. The number of rotatable bonds is 6. The SMILES string of the molecule is Cc1ccc(-c2cc(C(F)(F)C(F)(F)C(F)(F)C(F)(F)C(F)(F)C(F)(F)F)[nH]n2)cc1. The number of benzene rings is 1. The quantitative estimate of drug-likeness (QED) is 0.469. The first-order chi connectivity index (χ1) is 13.7. The topological polar surface area (TPSA) is 28.7 Å². The van der Waals surface area contributed by atoms with Crippen molar-refractivity contribution in [2.75, 3.05) is 0 Å². The summed E-state index contributed by atoms with van der Waals surface area (Å²) < 4.78 is 171. The predicted molar refractivity (Wildman–Crippen MR) is 78.5 cm³/mol. The zero-order valence-corrected chi connectivity index (χ0v) is 14.7. The van der Waals surface area contributed by atoms with Crippen molar-refractivity contribution in [1.82, 2.24) is 10.2 Å². The zero-order chi connectivity index (χ0) is 24.3. The van der Waals surface area contributed by atoms with Crippen molar-refractivity contribution in [3.8, 4) is 11.3 Å². The Morgan fingerprint density at radius 2 is 1.10 bits per heavy atom. The number of halogens is 13. The molecule has 0 radical (unpaired) electrons. The molecule has 1 aromatic carbocycles. The number of alkyl halides is 13. The van der Waals surface area contributed by atoms with Crippen LogP contribution in [0.3, 0.4) is 0 Å². The molecule has 0 aliphatic rings. The number of hydrogen-bond acceptors (Lipinski definition) is 1. The monoisotopic (exact) mass is 476 g/mol. The highest BCUT2D eigenvalue weighted by Crippen LogP contribution is 2.61.